The van der Waals surface area contributed by atoms with E-state index in [4.69, 9.17) is 21.4 Å². The predicted molar refractivity (Wildman–Crippen MR) is 93.4 cm³/mol. The van der Waals surface area contributed by atoms with Gasteiger partial charge in [0, 0.05) is 15.5 Å². The number of aryl methyl sites for hydroxylation is 1. The summed E-state index contributed by atoms with van der Waals surface area (Å²) in [6, 6.07) is 13.1. The average molecular weight is 347 g/mol. The number of carboxylic acids is 1. The monoisotopic (exact) mass is 346 g/mol. The first-order valence-corrected chi connectivity index (χ1v) is 8.23. The number of carbonyl (C=O) groups is 1. The maximum atomic E-state index is 10.5. The fourth-order valence-corrected chi connectivity index (χ4v) is 2.67. The smallest absolute Gasteiger partial charge is 0.341 e. The van der Waals surface area contributed by atoms with Gasteiger partial charge in [-0.2, -0.15) is 0 Å². The number of carboxylic acid groups (broad SMARTS) is 1. The molecule has 1 N–H and O–H groups in total. The molecular weight excluding hydrogens is 332 g/mol. The molecule has 0 spiro atoms. The molecule has 0 aliphatic rings. The maximum Gasteiger partial charge on any atom is 0.341 e. The highest BCUT2D eigenvalue weighted by Crippen LogP contribution is 2.25. The van der Waals surface area contributed by atoms with Crippen molar-refractivity contribution in [2.75, 3.05) is 12.4 Å². The fourth-order valence-electron chi connectivity index (χ4n) is 1.80. The summed E-state index contributed by atoms with van der Waals surface area (Å²) >= 11 is 7.44. The van der Waals surface area contributed by atoms with Crippen LogP contribution in [0, 0.1) is 18.8 Å². The lowest BCUT2D eigenvalue weighted by atomic mass is 10.2. The van der Waals surface area contributed by atoms with Crippen LogP contribution in [0.3, 0.4) is 0 Å². The quantitative estimate of drug-likeness (QED) is 0.649. The predicted octanol–water partition coefficient (Wildman–Crippen LogP) is 4.26. The molecule has 0 aromatic heterocycles. The molecule has 0 bridgehead atoms. The van der Waals surface area contributed by atoms with Crippen molar-refractivity contribution in [1.82, 2.24) is 0 Å². The summed E-state index contributed by atoms with van der Waals surface area (Å²) in [6.45, 7) is 1.56. The minimum Gasteiger partial charge on any atom is -0.482 e. The van der Waals surface area contributed by atoms with E-state index in [1.165, 1.54) is 0 Å². The molecule has 0 amide bonds. The Kier molecular flexibility index (Phi) is 6.40. The van der Waals surface area contributed by atoms with Gasteiger partial charge >= 0.3 is 5.97 Å². The highest BCUT2D eigenvalue weighted by atomic mass is 35.5. The average Bonchev–Trinajstić information content (AvgIpc) is 2.52. The van der Waals surface area contributed by atoms with E-state index in [1.54, 1.807) is 17.8 Å². The van der Waals surface area contributed by atoms with E-state index in [0.29, 0.717) is 16.5 Å². The molecule has 5 heteroatoms. The van der Waals surface area contributed by atoms with Crippen LogP contribution in [0.1, 0.15) is 11.1 Å². The molecule has 0 atom stereocenters. The van der Waals surface area contributed by atoms with E-state index in [9.17, 15) is 4.79 Å². The Morgan fingerprint density at radius 3 is 2.65 bits per heavy atom. The van der Waals surface area contributed by atoms with Gasteiger partial charge in [-0.1, -0.05) is 23.4 Å². The molecular formula is C18H15ClO3S. The first-order valence-electron chi connectivity index (χ1n) is 6.87. The van der Waals surface area contributed by atoms with Gasteiger partial charge in [0.15, 0.2) is 6.61 Å². The summed E-state index contributed by atoms with van der Waals surface area (Å²) < 4.78 is 5.20. The second-order valence-electron chi connectivity index (χ2n) is 4.71. The zero-order chi connectivity index (χ0) is 16.7. The number of rotatable bonds is 5. The molecule has 0 unspecified atom stereocenters. The van der Waals surface area contributed by atoms with Gasteiger partial charge in [-0.3, -0.25) is 0 Å². The van der Waals surface area contributed by atoms with Crippen LogP contribution in [0.15, 0.2) is 47.4 Å². The van der Waals surface area contributed by atoms with Crippen LogP contribution in [-0.2, 0) is 4.79 Å². The van der Waals surface area contributed by atoms with Crippen molar-refractivity contribution < 1.29 is 14.6 Å². The van der Waals surface area contributed by atoms with Crippen LogP contribution in [0.4, 0.5) is 0 Å². The fraction of sp³-hybridized carbons (Fsp3) is 0.167. The van der Waals surface area contributed by atoms with Crippen molar-refractivity contribution >= 4 is 29.3 Å². The highest BCUT2D eigenvalue weighted by Gasteiger charge is 2.04. The number of hydrogen-bond acceptors (Lipinski definition) is 3. The van der Waals surface area contributed by atoms with Crippen molar-refractivity contribution in [3.05, 3.63) is 58.6 Å². The molecule has 118 valence electrons. The molecule has 2 rings (SSSR count). The summed E-state index contributed by atoms with van der Waals surface area (Å²) in [5, 5.41) is 9.32. The summed E-state index contributed by atoms with van der Waals surface area (Å²) in [6.07, 6.45) is 0. The zero-order valence-corrected chi connectivity index (χ0v) is 14.1. The Hall–Kier alpha value is -2.09. The number of hydrogen-bond donors (Lipinski definition) is 1. The third kappa shape index (κ3) is 5.90. The molecule has 3 nitrogen and oxygen atoms in total. The molecule has 0 radical (unpaired) electrons. The number of halogens is 1. The molecule has 0 saturated carbocycles. The summed E-state index contributed by atoms with van der Waals surface area (Å²) in [5.74, 6) is 6.45. The van der Waals surface area contributed by atoms with Crippen molar-refractivity contribution in [2.24, 2.45) is 0 Å². The van der Waals surface area contributed by atoms with Gasteiger partial charge in [-0.25, -0.2) is 4.79 Å². The number of benzene rings is 2. The van der Waals surface area contributed by atoms with Gasteiger partial charge in [0.25, 0.3) is 0 Å². The number of ether oxygens (including phenoxy) is 1. The van der Waals surface area contributed by atoms with Crippen LogP contribution in [0.2, 0.25) is 5.02 Å². The van der Waals surface area contributed by atoms with E-state index in [2.05, 4.69) is 11.8 Å². The molecule has 2 aromatic rings. The number of aliphatic carboxylic acids is 1. The molecule has 0 aliphatic carbocycles. The van der Waals surface area contributed by atoms with Crippen LogP contribution >= 0.6 is 23.4 Å². The molecule has 0 saturated heterocycles. The third-order valence-electron chi connectivity index (χ3n) is 2.89. The van der Waals surface area contributed by atoms with Crippen LogP contribution in [-0.4, -0.2) is 23.4 Å². The van der Waals surface area contributed by atoms with E-state index in [1.807, 2.05) is 43.3 Å². The second kappa shape index (κ2) is 8.52. The van der Waals surface area contributed by atoms with Gasteiger partial charge in [0.05, 0.1) is 5.75 Å². The van der Waals surface area contributed by atoms with E-state index >= 15 is 0 Å². The molecule has 0 heterocycles. The standard InChI is InChI=1S/C18H15ClO3S/c1-13-11-16(8-9-17(13)22-12-18(20)21)23-10-2-3-14-4-6-15(19)7-5-14/h4-9,11H,10,12H2,1H3,(H,20,21). The lowest BCUT2D eigenvalue weighted by Gasteiger charge is -2.08. The molecule has 0 aliphatic heterocycles. The minimum absolute atomic E-state index is 0.333. The van der Waals surface area contributed by atoms with Crippen molar-refractivity contribution in [2.45, 2.75) is 11.8 Å². The van der Waals surface area contributed by atoms with Gasteiger partial charge in [0.2, 0.25) is 0 Å². The normalized spacial score (nSPS) is 9.83. The Labute approximate surface area is 144 Å². The highest BCUT2D eigenvalue weighted by molar-refractivity contribution is 7.99. The Morgan fingerprint density at radius 2 is 2.00 bits per heavy atom. The number of thioether (sulfide) groups is 1. The molecule has 2 aromatic carbocycles. The molecule has 23 heavy (non-hydrogen) atoms. The Morgan fingerprint density at radius 1 is 1.26 bits per heavy atom. The Balaban J connectivity index is 1.90. The SMILES string of the molecule is Cc1cc(SCC#Cc2ccc(Cl)cc2)ccc1OCC(=O)O. The summed E-state index contributed by atoms with van der Waals surface area (Å²) in [4.78, 5) is 11.6. The van der Waals surface area contributed by atoms with Gasteiger partial charge in [0.1, 0.15) is 5.75 Å². The topological polar surface area (TPSA) is 46.5 Å². The van der Waals surface area contributed by atoms with Gasteiger partial charge < -0.3 is 9.84 Å². The van der Waals surface area contributed by atoms with E-state index < -0.39 is 5.97 Å². The van der Waals surface area contributed by atoms with E-state index in [-0.39, 0.29) is 6.61 Å². The van der Waals surface area contributed by atoms with Crippen LogP contribution in [0.25, 0.3) is 0 Å². The van der Waals surface area contributed by atoms with Crippen molar-refractivity contribution in [1.29, 1.82) is 0 Å². The van der Waals surface area contributed by atoms with Gasteiger partial charge in [-0.05, 0) is 55.0 Å². The zero-order valence-electron chi connectivity index (χ0n) is 12.5. The van der Waals surface area contributed by atoms with E-state index in [0.717, 1.165) is 16.0 Å². The van der Waals surface area contributed by atoms with Gasteiger partial charge in [-0.15, -0.1) is 11.8 Å². The summed E-state index contributed by atoms with van der Waals surface area (Å²) in [5.41, 5.74) is 1.84. The largest absolute Gasteiger partial charge is 0.482 e. The minimum atomic E-state index is -0.986. The first kappa shape index (κ1) is 17.3. The van der Waals surface area contributed by atoms with Crippen molar-refractivity contribution in [3.8, 4) is 17.6 Å². The summed E-state index contributed by atoms with van der Waals surface area (Å²) in [7, 11) is 0. The van der Waals surface area contributed by atoms with Crippen LogP contribution < -0.4 is 4.74 Å². The Bertz CT molecular complexity index is 745. The second-order valence-corrected chi connectivity index (χ2v) is 6.19. The lowest BCUT2D eigenvalue weighted by Crippen LogP contribution is -2.09. The lowest BCUT2D eigenvalue weighted by molar-refractivity contribution is -0.139. The molecule has 0 fully saturated rings. The first-order chi connectivity index (χ1) is 11.0. The van der Waals surface area contributed by atoms with Crippen LogP contribution in [0.5, 0.6) is 5.75 Å². The third-order valence-corrected chi connectivity index (χ3v) is 4.01. The van der Waals surface area contributed by atoms with Crippen molar-refractivity contribution in [3.63, 3.8) is 0 Å². The maximum absolute atomic E-state index is 10.5.